The zero-order chi connectivity index (χ0) is 24.7. The van der Waals surface area contributed by atoms with Crippen LogP contribution in [0.3, 0.4) is 0 Å². The predicted molar refractivity (Wildman–Crippen MR) is 130 cm³/mol. The number of benzene rings is 3. The molecule has 10 heteroatoms. The molecule has 0 aliphatic carbocycles. The highest BCUT2D eigenvalue weighted by molar-refractivity contribution is 7.89. The summed E-state index contributed by atoms with van der Waals surface area (Å²) in [7, 11) is -4.02. The van der Waals surface area contributed by atoms with E-state index in [4.69, 9.17) is 5.14 Å². The number of aryl methyl sites for hydroxylation is 1. The van der Waals surface area contributed by atoms with Gasteiger partial charge in [0.15, 0.2) is 0 Å². The summed E-state index contributed by atoms with van der Waals surface area (Å²) in [5.74, 6) is -0.985. The number of nitrogens with one attached hydrogen (secondary N) is 2. The van der Waals surface area contributed by atoms with Gasteiger partial charge in [0.1, 0.15) is 6.04 Å². The van der Waals surface area contributed by atoms with Crippen LogP contribution >= 0.6 is 0 Å². The molecule has 9 nitrogen and oxygen atoms in total. The van der Waals surface area contributed by atoms with Crippen LogP contribution in [0.25, 0.3) is 0 Å². The molecule has 0 saturated carbocycles. The van der Waals surface area contributed by atoms with Crippen LogP contribution in [0.1, 0.15) is 40.4 Å². The van der Waals surface area contributed by atoms with Gasteiger partial charge < -0.3 is 10.6 Å². The predicted octanol–water partition coefficient (Wildman–Crippen LogP) is 2.95. The van der Waals surface area contributed by atoms with E-state index in [-0.39, 0.29) is 16.5 Å². The first-order valence-corrected chi connectivity index (χ1v) is 12.6. The molecule has 3 aromatic rings. The third-order valence-electron chi connectivity index (χ3n) is 6.13. The van der Waals surface area contributed by atoms with E-state index in [1.807, 2.05) is 6.07 Å². The lowest BCUT2D eigenvalue weighted by atomic mass is 9.97. The number of nitrogens with zero attached hydrogens (tertiary/aromatic N) is 1. The zero-order valence-corrected chi connectivity index (χ0v) is 19.3. The molecule has 3 aromatic carbocycles. The summed E-state index contributed by atoms with van der Waals surface area (Å²) in [6.45, 7) is 0. The second-order valence-corrected chi connectivity index (χ2v) is 10.0. The van der Waals surface area contributed by atoms with Gasteiger partial charge >= 0.3 is 0 Å². The average Bonchev–Trinajstić information content (AvgIpc) is 3.02. The molecule has 3 amide bonds. The smallest absolute Gasteiger partial charge is 0.259 e. The summed E-state index contributed by atoms with van der Waals surface area (Å²) in [6, 6.07) is 16.9. The fourth-order valence-corrected chi connectivity index (χ4v) is 5.01. The third-order valence-corrected chi connectivity index (χ3v) is 7.04. The van der Waals surface area contributed by atoms with Crippen molar-refractivity contribution in [3.8, 4) is 0 Å². The van der Waals surface area contributed by atoms with Crippen LogP contribution in [0.5, 0.6) is 0 Å². The summed E-state index contributed by atoms with van der Waals surface area (Å²) >= 11 is 0. The standard InChI is InChI=1S/C25H22N4O5S/c26-35(33,34)18-10-12-21-20(14-18)28-24(31)23(15-5-2-1-3-6-15)29(21)25(32)17-9-11-19-16(13-17)7-4-8-22(30)27-19/h1-3,5-6,9-14,23H,4,7-8H2,(H,27,30)(H,28,31)(H2,26,33,34). The van der Waals surface area contributed by atoms with E-state index < -0.39 is 27.9 Å². The minimum absolute atomic E-state index is 0.0701. The Morgan fingerprint density at radius 1 is 0.914 bits per heavy atom. The SMILES string of the molecule is NS(=O)(=O)c1ccc2c(c1)NC(=O)C(c1ccccc1)N2C(=O)c1ccc2c(c1)CCCC(=O)N2. The average molecular weight is 491 g/mol. The molecule has 1 atom stereocenters. The van der Waals surface area contributed by atoms with Crippen molar-refractivity contribution < 1.29 is 22.8 Å². The first-order valence-electron chi connectivity index (χ1n) is 11.0. The van der Waals surface area contributed by atoms with Crippen molar-refractivity contribution >= 4 is 44.8 Å². The van der Waals surface area contributed by atoms with Crippen LogP contribution in [0, 0.1) is 0 Å². The maximum atomic E-state index is 13.9. The summed E-state index contributed by atoms with van der Waals surface area (Å²) in [5, 5.41) is 10.8. The number of amides is 3. The Morgan fingerprint density at radius 3 is 2.43 bits per heavy atom. The monoisotopic (exact) mass is 490 g/mol. The topological polar surface area (TPSA) is 139 Å². The van der Waals surface area contributed by atoms with Gasteiger partial charge in [-0.2, -0.15) is 0 Å². The highest BCUT2D eigenvalue weighted by Crippen LogP contribution is 2.40. The number of fused-ring (bicyclic) bond motifs is 2. The number of rotatable bonds is 3. The lowest BCUT2D eigenvalue weighted by Crippen LogP contribution is -2.45. The van der Waals surface area contributed by atoms with E-state index in [9.17, 15) is 22.8 Å². The molecular weight excluding hydrogens is 468 g/mol. The van der Waals surface area contributed by atoms with Gasteiger partial charge in [0.2, 0.25) is 15.9 Å². The Balaban J connectivity index is 1.64. The fraction of sp³-hybridized carbons (Fsp3) is 0.160. The maximum Gasteiger partial charge on any atom is 0.259 e. The van der Waals surface area contributed by atoms with Crippen LogP contribution < -0.4 is 20.7 Å². The van der Waals surface area contributed by atoms with Crippen molar-refractivity contribution in [2.75, 3.05) is 15.5 Å². The summed E-state index contributed by atoms with van der Waals surface area (Å²) in [4.78, 5) is 40.3. The van der Waals surface area contributed by atoms with Crippen LogP contribution in [0.4, 0.5) is 17.1 Å². The van der Waals surface area contributed by atoms with Crippen molar-refractivity contribution in [1.29, 1.82) is 0 Å². The van der Waals surface area contributed by atoms with Gasteiger partial charge in [-0.1, -0.05) is 30.3 Å². The molecule has 5 rings (SSSR count). The van der Waals surface area contributed by atoms with Gasteiger partial charge in [-0.05, 0) is 60.4 Å². The molecule has 2 aliphatic heterocycles. The van der Waals surface area contributed by atoms with Crippen molar-refractivity contribution in [3.63, 3.8) is 0 Å². The Morgan fingerprint density at radius 2 is 1.69 bits per heavy atom. The van der Waals surface area contributed by atoms with Crippen molar-refractivity contribution in [2.24, 2.45) is 5.14 Å². The second-order valence-electron chi connectivity index (χ2n) is 8.48. The van der Waals surface area contributed by atoms with Crippen LogP contribution in [-0.4, -0.2) is 26.1 Å². The van der Waals surface area contributed by atoms with E-state index in [1.54, 1.807) is 42.5 Å². The molecule has 2 heterocycles. The number of sulfonamides is 1. The minimum Gasteiger partial charge on any atom is -0.326 e. The van der Waals surface area contributed by atoms with E-state index in [0.717, 1.165) is 5.56 Å². The molecule has 1 unspecified atom stereocenters. The van der Waals surface area contributed by atoms with Gasteiger partial charge in [0, 0.05) is 17.7 Å². The maximum absolute atomic E-state index is 13.9. The van der Waals surface area contributed by atoms with Gasteiger partial charge in [0.05, 0.1) is 16.3 Å². The first-order chi connectivity index (χ1) is 16.7. The highest BCUT2D eigenvalue weighted by Gasteiger charge is 2.39. The summed E-state index contributed by atoms with van der Waals surface area (Å²) < 4.78 is 23.7. The largest absolute Gasteiger partial charge is 0.326 e. The number of hydrogen-bond donors (Lipinski definition) is 3. The molecular formula is C25H22N4O5S. The van der Waals surface area contributed by atoms with E-state index in [0.29, 0.717) is 41.8 Å². The molecule has 0 saturated heterocycles. The molecule has 35 heavy (non-hydrogen) atoms. The van der Waals surface area contributed by atoms with Gasteiger partial charge in [-0.15, -0.1) is 0 Å². The molecule has 178 valence electrons. The second kappa shape index (κ2) is 8.64. The van der Waals surface area contributed by atoms with Gasteiger partial charge in [-0.3, -0.25) is 19.3 Å². The Hall–Kier alpha value is -4.02. The van der Waals surface area contributed by atoms with E-state index >= 15 is 0 Å². The number of carbonyl (C=O) groups is 3. The Labute approximate surface area is 202 Å². The summed E-state index contributed by atoms with van der Waals surface area (Å²) in [6.07, 6.45) is 1.70. The molecule has 0 aromatic heterocycles. The fourth-order valence-electron chi connectivity index (χ4n) is 4.47. The summed E-state index contributed by atoms with van der Waals surface area (Å²) in [5.41, 5.74) is 2.96. The Bertz CT molecular complexity index is 1470. The van der Waals surface area contributed by atoms with Gasteiger partial charge in [0.25, 0.3) is 11.8 Å². The highest BCUT2D eigenvalue weighted by atomic mass is 32.2. The number of anilines is 3. The molecule has 0 spiro atoms. The number of hydrogen-bond acceptors (Lipinski definition) is 5. The van der Waals surface area contributed by atoms with Crippen LogP contribution in [0.2, 0.25) is 0 Å². The lowest BCUT2D eigenvalue weighted by molar-refractivity contribution is -0.118. The molecule has 0 bridgehead atoms. The molecule has 0 radical (unpaired) electrons. The van der Waals surface area contributed by atoms with Crippen LogP contribution in [0.15, 0.2) is 71.6 Å². The van der Waals surface area contributed by atoms with E-state index in [2.05, 4.69) is 10.6 Å². The van der Waals surface area contributed by atoms with Crippen molar-refractivity contribution in [2.45, 2.75) is 30.2 Å². The number of primary sulfonamides is 1. The van der Waals surface area contributed by atoms with E-state index in [1.165, 1.54) is 23.1 Å². The van der Waals surface area contributed by atoms with Crippen LogP contribution in [-0.2, 0) is 26.0 Å². The molecule has 4 N–H and O–H groups in total. The van der Waals surface area contributed by atoms with Gasteiger partial charge in [-0.25, -0.2) is 13.6 Å². The molecule has 0 fully saturated rings. The number of nitrogens with two attached hydrogens (primary N) is 1. The number of carbonyl (C=O) groups excluding carboxylic acids is 3. The zero-order valence-electron chi connectivity index (χ0n) is 18.5. The quantitative estimate of drug-likeness (QED) is 0.518. The van der Waals surface area contributed by atoms with Crippen molar-refractivity contribution in [3.05, 3.63) is 83.4 Å². The normalized spacial score (nSPS) is 17.5. The Kier molecular flexibility index (Phi) is 5.62. The van der Waals surface area contributed by atoms with Crippen molar-refractivity contribution in [1.82, 2.24) is 0 Å². The lowest BCUT2D eigenvalue weighted by Gasteiger charge is -2.37. The molecule has 2 aliphatic rings. The first kappa shape index (κ1) is 22.8. The third kappa shape index (κ3) is 4.29. The minimum atomic E-state index is -4.02.